The van der Waals surface area contributed by atoms with Gasteiger partial charge in [0.15, 0.2) is 5.78 Å². The van der Waals surface area contributed by atoms with Gasteiger partial charge in [-0.25, -0.2) is 9.59 Å². The first-order valence-electron chi connectivity index (χ1n) is 7.74. The lowest BCUT2D eigenvalue weighted by Gasteiger charge is -2.09. The van der Waals surface area contributed by atoms with Crippen LogP contribution in [0.3, 0.4) is 0 Å². The van der Waals surface area contributed by atoms with E-state index < -0.39 is 18.0 Å². The minimum atomic E-state index is -0.881. The van der Waals surface area contributed by atoms with E-state index in [1.165, 1.54) is 6.07 Å². The van der Waals surface area contributed by atoms with Crippen molar-refractivity contribution in [2.75, 3.05) is 0 Å². The predicted octanol–water partition coefficient (Wildman–Crippen LogP) is 2.76. The molecule has 4 rings (SSSR count). The molecule has 0 amide bonds. The van der Waals surface area contributed by atoms with Crippen molar-refractivity contribution in [1.29, 1.82) is 0 Å². The van der Waals surface area contributed by atoms with E-state index in [1.807, 2.05) is 18.2 Å². The normalized spacial score (nSPS) is 21.2. The number of ether oxygens (including phenoxy) is 2. The van der Waals surface area contributed by atoms with Crippen LogP contribution in [0.2, 0.25) is 0 Å². The zero-order valence-corrected chi connectivity index (χ0v) is 12.9. The predicted molar refractivity (Wildman–Crippen MR) is 84.7 cm³/mol. The van der Waals surface area contributed by atoms with E-state index in [0.29, 0.717) is 17.5 Å². The number of esters is 2. The number of ketones is 1. The molecule has 0 N–H and O–H groups in total. The van der Waals surface area contributed by atoms with Gasteiger partial charge in [0.2, 0.25) is 6.10 Å². The maximum Gasteiger partial charge on any atom is 0.347 e. The summed E-state index contributed by atoms with van der Waals surface area (Å²) in [5.41, 5.74) is 3.04. The summed E-state index contributed by atoms with van der Waals surface area (Å²) in [6.45, 7) is 1.75. The molecule has 2 aliphatic rings. The lowest BCUT2D eigenvalue weighted by Crippen LogP contribution is -2.22. The summed E-state index contributed by atoms with van der Waals surface area (Å²) >= 11 is 0. The van der Waals surface area contributed by atoms with Crippen molar-refractivity contribution < 1.29 is 23.9 Å². The van der Waals surface area contributed by atoms with Crippen LogP contribution in [0.4, 0.5) is 0 Å². The maximum absolute atomic E-state index is 12.5. The lowest BCUT2D eigenvalue weighted by atomic mass is 10.0. The van der Waals surface area contributed by atoms with Crippen LogP contribution in [0.15, 0.2) is 42.5 Å². The summed E-state index contributed by atoms with van der Waals surface area (Å²) in [5, 5.41) is 0. The Balaban J connectivity index is 1.62. The number of hydrogen-bond donors (Lipinski definition) is 0. The van der Waals surface area contributed by atoms with Gasteiger partial charge < -0.3 is 9.47 Å². The average molecular weight is 322 g/mol. The summed E-state index contributed by atoms with van der Waals surface area (Å²) in [5.74, 6) is -1.26. The van der Waals surface area contributed by atoms with Gasteiger partial charge in [0.05, 0.1) is 5.56 Å². The summed E-state index contributed by atoms with van der Waals surface area (Å²) in [7, 11) is 0. The zero-order chi connectivity index (χ0) is 16.8. The molecule has 1 aliphatic carbocycles. The highest BCUT2D eigenvalue weighted by Gasteiger charge is 2.35. The smallest absolute Gasteiger partial charge is 0.347 e. The second-order valence-electron chi connectivity index (χ2n) is 6.01. The first-order chi connectivity index (χ1) is 11.5. The molecular weight excluding hydrogens is 308 g/mol. The van der Waals surface area contributed by atoms with Crippen LogP contribution in [-0.4, -0.2) is 29.9 Å². The van der Waals surface area contributed by atoms with Gasteiger partial charge in [0.1, 0.15) is 6.10 Å². The monoisotopic (exact) mass is 322 g/mol. The summed E-state index contributed by atoms with van der Waals surface area (Å²) in [4.78, 5) is 36.4. The Hall–Kier alpha value is -2.95. The molecule has 2 unspecified atom stereocenters. The average Bonchev–Trinajstić information content (AvgIpc) is 3.05. The highest BCUT2D eigenvalue weighted by Crippen LogP contribution is 2.36. The highest BCUT2D eigenvalue weighted by molar-refractivity contribution is 6.22. The van der Waals surface area contributed by atoms with Gasteiger partial charge in [-0.1, -0.05) is 30.3 Å². The molecule has 0 spiro atoms. The molecule has 2 aromatic rings. The van der Waals surface area contributed by atoms with Crippen LogP contribution in [-0.2, 0) is 14.3 Å². The molecule has 0 radical (unpaired) electrons. The fraction of sp³-hybridized carbons (Fsp3) is 0.211. The summed E-state index contributed by atoms with van der Waals surface area (Å²) in [6.07, 6.45) is -0.792. The van der Waals surface area contributed by atoms with Crippen molar-refractivity contribution in [3.8, 4) is 11.1 Å². The van der Waals surface area contributed by atoms with Crippen LogP contribution < -0.4 is 0 Å². The number of hydrogen-bond acceptors (Lipinski definition) is 5. The summed E-state index contributed by atoms with van der Waals surface area (Å²) < 4.78 is 10.2. The van der Waals surface area contributed by atoms with Crippen LogP contribution in [0.25, 0.3) is 11.1 Å². The minimum Gasteiger partial charge on any atom is -0.460 e. The molecule has 5 nitrogen and oxygen atoms in total. The molecule has 120 valence electrons. The van der Waals surface area contributed by atoms with Gasteiger partial charge in [0, 0.05) is 17.5 Å². The van der Waals surface area contributed by atoms with Crippen molar-refractivity contribution in [3.05, 3.63) is 59.2 Å². The Morgan fingerprint density at radius 3 is 2.46 bits per heavy atom. The van der Waals surface area contributed by atoms with Crippen molar-refractivity contribution >= 4 is 17.7 Å². The summed E-state index contributed by atoms with van der Waals surface area (Å²) in [6, 6.07) is 12.2. The zero-order valence-electron chi connectivity index (χ0n) is 12.9. The maximum atomic E-state index is 12.5. The molecule has 24 heavy (non-hydrogen) atoms. The molecule has 1 heterocycles. The van der Waals surface area contributed by atoms with E-state index in [0.717, 1.165) is 11.1 Å². The molecule has 1 aliphatic heterocycles. The lowest BCUT2D eigenvalue weighted by molar-refractivity contribution is -0.147. The quantitative estimate of drug-likeness (QED) is 0.679. The molecule has 1 saturated heterocycles. The van der Waals surface area contributed by atoms with Gasteiger partial charge in [-0.05, 0) is 30.2 Å². The number of cyclic esters (lactones) is 1. The molecule has 1 fully saturated rings. The van der Waals surface area contributed by atoms with E-state index in [9.17, 15) is 14.4 Å². The minimum absolute atomic E-state index is 0.107. The van der Waals surface area contributed by atoms with Crippen LogP contribution in [0, 0.1) is 0 Å². The number of benzene rings is 2. The third-order valence-electron chi connectivity index (χ3n) is 4.34. The van der Waals surface area contributed by atoms with Crippen molar-refractivity contribution in [2.45, 2.75) is 25.6 Å². The van der Waals surface area contributed by atoms with E-state index in [1.54, 1.807) is 25.1 Å². The topological polar surface area (TPSA) is 69.7 Å². The largest absolute Gasteiger partial charge is 0.460 e. The number of rotatable bonds is 2. The van der Waals surface area contributed by atoms with Gasteiger partial charge >= 0.3 is 11.9 Å². The number of carbonyl (C=O) groups excluding carboxylic acids is 3. The van der Waals surface area contributed by atoms with Gasteiger partial charge in [-0.2, -0.15) is 0 Å². The number of fused-ring (bicyclic) bond motifs is 3. The van der Waals surface area contributed by atoms with Crippen LogP contribution in [0.1, 0.15) is 39.6 Å². The second kappa shape index (κ2) is 5.30. The van der Waals surface area contributed by atoms with Crippen LogP contribution in [0.5, 0.6) is 0 Å². The van der Waals surface area contributed by atoms with Gasteiger partial charge in [-0.15, -0.1) is 0 Å². The molecule has 2 aromatic carbocycles. The Labute approximate surface area is 138 Å². The fourth-order valence-corrected chi connectivity index (χ4v) is 3.17. The molecular formula is C19H14O5. The first-order valence-corrected chi connectivity index (χ1v) is 7.74. The Morgan fingerprint density at radius 2 is 1.75 bits per heavy atom. The third kappa shape index (κ3) is 2.21. The van der Waals surface area contributed by atoms with Crippen LogP contribution >= 0.6 is 0 Å². The van der Waals surface area contributed by atoms with E-state index >= 15 is 0 Å². The molecule has 0 saturated carbocycles. The second-order valence-corrected chi connectivity index (χ2v) is 6.01. The standard InChI is InChI=1S/C19H14O5/c1-10-8-16(19(22)23-10)24-18(21)11-6-7-13-12-4-2-3-5-14(12)17(20)15(13)9-11/h2-7,9-10,16H,8H2,1H3. The van der Waals surface area contributed by atoms with Crippen molar-refractivity contribution in [1.82, 2.24) is 0 Å². The fourth-order valence-electron chi connectivity index (χ4n) is 3.17. The third-order valence-corrected chi connectivity index (χ3v) is 4.34. The van der Waals surface area contributed by atoms with E-state index in [4.69, 9.17) is 9.47 Å². The Morgan fingerprint density at radius 1 is 1.04 bits per heavy atom. The molecule has 0 aromatic heterocycles. The Bertz CT molecular complexity index is 883. The molecule has 0 bridgehead atoms. The molecule has 5 heteroatoms. The van der Waals surface area contributed by atoms with E-state index in [-0.39, 0.29) is 17.5 Å². The first kappa shape index (κ1) is 14.6. The highest BCUT2D eigenvalue weighted by atomic mass is 16.6. The van der Waals surface area contributed by atoms with Gasteiger partial charge in [-0.3, -0.25) is 4.79 Å². The molecule has 2 atom stereocenters. The number of carbonyl (C=O) groups is 3. The van der Waals surface area contributed by atoms with E-state index in [2.05, 4.69) is 0 Å². The SMILES string of the molecule is CC1CC(OC(=O)c2ccc3c(c2)C(=O)c2ccccc2-3)C(=O)O1. The van der Waals surface area contributed by atoms with Crippen molar-refractivity contribution in [3.63, 3.8) is 0 Å². The van der Waals surface area contributed by atoms with Gasteiger partial charge in [0.25, 0.3) is 0 Å². The Kier molecular flexibility index (Phi) is 3.23. The van der Waals surface area contributed by atoms with Crippen molar-refractivity contribution in [2.24, 2.45) is 0 Å².